The second-order valence-corrected chi connectivity index (χ2v) is 3.07. The Kier molecular flexibility index (Phi) is 2.28. The van der Waals surface area contributed by atoms with E-state index in [4.69, 9.17) is 4.42 Å². The molecule has 0 fully saturated rings. The average molecular weight is 240 g/mol. The predicted octanol–water partition coefficient (Wildman–Crippen LogP) is 0.779. The van der Waals surface area contributed by atoms with Gasteiger partial charge in [-0.05, 0) is 12.1 Å². The molecule has 0 radical (unpaired) electrons. The Hall–Kier alpha value is -2.08. The minimum Gasteiger partial charge on any atom is -0.430 e. The Balaban J connectivity index is 0.000000963. The molecule has 3 heterocycles. The van der Waals surface area contributed by atoms with Crippen molar-refractivity contribution >= 4 is 34.6 Å². The molecule has 0 atom stereocenters. The van der Waals surface area contributed by atoms with E-state index < -0.39 is 11.2 Å². The summed E-state index contributed by atoms with van der Waals surface area (Å²) in [5.74, 6) is 0. The highest BCUT2D eigenvalue weighted by molar-refractivity contribution is 6.00. The highest BCUT2D eigenvalue weighted by Gasteiger charge is 2.10. The quantitative estimate of drug-likeness (QED) is 0.606. The molecule has 0 aliphatic heterocycles. The van der Waals surface area contributed by atoms with Gasteiger partial charge in [0.15, 0.2) is 0 Å². The molecule has 0 bridgehead atoms. The van der Waals surface area contributed by atoms with E-state index in [1.165, 1.54) is 0 Å². The van der Waals surface area contributed by atoms with Crippen LogP contribution >= 0.6 is 12.4 Å². The van der Waals surface area contributed by atoms with Gasteiger partial charge in [0.2, 0.25) is 11.3 Å². The summed E-state index contributed by atoms with van der Waals surface area (Å²) in [6, 6.07) is 3.43. The van der Waals surface area contributed by atoms with Gasteiger partial charge in [-0.2, -0.15) is 0 Å². The van der Waals surface area contributed by atoms with Crippen LogP contribution in [-0.4, -0.2) is 15.0 Å². The normalized spacial score (nSPS) is 10.5. The predicted molar refractivity (Wildman–Crippen MR) is 60.0 cm³/mol. The lowest BCUT2D eigenvalue weighted by atomic mass is 10.3. The van der Waals surface area contributed by atoms with Crippen molar-refractivity contribution in [2.75, 3.05) is 0 Å². The first-order chi connectivity index (χ1) is 7.25. The molecular formula is C9H6ClN3O3. The van der Waals surface area contributed by atoms with Crippen LogP contribution in [0.25, 0.3) is 22.2 Å². The van der Waals surface area contributed by atoms with E-state index in [2.05, 4.69) is 15.0 Å². The van der Waals surface area contributed by atoms with Gasteiger partial charge in [0, 0.05) is 6.20 Å². The Morgan fingerprint density at radius 2 is 2.06 bits per heavy atom. The van der Waals surface area contributed by atoms with Gasteiger partial charge < -0.3 is 9.40 Å². The van der Waals surface area contributed by atoms with Crippen molar-refractivity contribution < 1.29 is 4.42 Å². The zero-order chi connectivity index (χ0) is 10.4. The van der Waals surface area contributed by atoms with Crippen LogP contribution in [0.4, 0.5) is 0 Å². The monoisotopic (exact) mass is 239 g/mol. The zero-order valence-corrected chi connectivity index (χ0v) is 8.63. The van der Waals surface area contributed by atoms with E-state index in [0.717, 1.165) is 0 Å². The molecule has 3 aromatic heterocycles. The molecule has 7 heteroatoms. The molecule has 82 valence electrons. The smallest absolute Gasteiger partial charge is 0.326 e. The van der Waals surface area contributed by atoms with E-state index in [1.807, 2.05) is 0 Å². The summed E-state index contributed by atoms with van der Waals surface area (Å²) in [4.78, 5) is 31.0. The third-order valence-electron chi connectivity index (χ3n) is 2.14. The lowest BCUT2D eigenvalue weighted by Gasteiger charge is -1.86. The van der Waals surface area contributed by atoms with Gasteiger partial charge in [0.1, 0.15) is 5.52 Å². The number of furan rings is 1. The number of aromatic nitrogens is 3. The Morgan fingerprint density at radius 3 is 2.88 bits per heavy atom. The minimum atomic E-state index is -0.556. The lowest BCUT2D eigenvalue weighted by Crippen LogP contribution is -2.20. The summed E-state index contributed by atoms with van der Waals surface area (Å²) in [5.41, 5.74) is -0.305. The van der Waals surface area contributed by atoms with E-state index in [1.54, 1.807) is 18.3 Å². The van der Waals surface area contributed by atoms with Crippen LogP contribution in [0.5, 0.6) is 0 Å². The molecule has 2 N–H and O–H groups in total. The third kappa shape index (κ3) is 1.31. The van der Waals surface area contributed by atoms with Crippen molar-refractivity contribution in [3.05, 3.63) is 39.2 Å². The maximum absolute atomic E-state index is 11.4. The van der Waals surface area contributed by atoms with Gasteiger partial charge in [0.25, 0.3) is 5.56 Å². The number of aromatic amines is 2. The van der Waals surface area contributed by atoms with Crippen molar-refractivity contribution in [2.45, 2.75) is 0 Å². The van der Waals surface area contributed by atoms with Crippen molar-refractivity contribution in [1.82, 2.24) is 15.0 Å². The van der Waals surface area contributed by atoms with Crippen molar-refractivity contribution in [3.8, 4) is 0 Å². The Bertz CT molecular complexity index is 771. The van der Waals surface area contributed by atoms with Gasteiger partial charge in [-0.15, -0.1) is 12.4 Å². The molecule has 0 amide bonds. The first-order valence-corrected chi connectivity index (χ1v) is 4.25. The fourth-order valence-electron chi connectivity index (χ4n) is 1.52. The summed E-state index contributed by atoms with van der Waals surface area (Å²) in [6.45, 7) is 0. The molecule has 0 saturated heterocycles. The highest BCUT2D eigenvalue weighted by atomic mass is 35.5. The zero-order valence-electron chi connectivity index (χ0n) is 7.81. The summed E-state index contributed by atoms with van der Waals surface area (Å²) in [6.07, 6.45) is 1.55. The largest absolute Gasteiger partial charge is 0.430 e. The number of rotatable bonds is 0. The number of hydrogen-bond donors (Lipinski definition) is 2. The fourth-order valence-corrected chi connectivity index (χ4v) is 1.52. The van der Waals surface area contributed by atoms with Gasteiger partial charge in [-0.3, -0.25) is 9.78 Å². The number of pyridine rings is 1. The van der Waals surface area contributed by atoms with E-state index >= 15 is 0 Å². The molecule has 0 aromatic carbocycles. The van der Waals surface area contributed by atoms with Gasteiger partial charge in [0.05, 0.1) is 5.39 Å². The molecule has 3 aromatic rings. The molecule has 0 aliphatic rings. The number of hydrogen-bond acceptors (Lipinski definition) is 4. The highest BCUT2D eigenvalue weighted by Crippen LogP contribution is 2.20. The van der Waals surface area contributed by atoms with Crippen LogP contribution < -0.4 is 11.2 Å². The molecular weight excluding hydrogens is 234 g/mol. The van der Waals surface area contributed by atoms with Crippen LogP contribution in [0.2, 0.25) is 0 Å². The van der Waals surface area contributed by atoms with Crippen molar-refractivity contribution in [2.24, 2.45) is 0 Å². The Labute approximate surface area is 93.7 Å². The average Bonchev–Trinajstić information content (AvgIpc) is 2.57. The first kappa shape index (κ1) is 10.4. The molecule has 0 spiro atoms. The Morgan fingerprint density at radius 1 is 1.25 bits per heavy atom. The minimum absolute atomic E-state index is 0. The first-order valence-electron chi connectivity index (χ1n) is 4.25. The maximum Gasteiger partial charge on any atom is 0.326 e. The molecule has 0 aliphatic carbocycles. The second-order valence-electron chi connectivity index (χ2n) is 3.07. The number of H-pyrrole nitrogens is 2. The molecule has 0 saturated carbocycles. The van der Waals surface area contributed by atoms with Crippen LogP contribution in [-0.2, 0) is 0 Å². The van der Waals surface area contributed by atoms with Crippen LogP contribution in [0.3, 0.4) is 0 Å². The van der Waals surface area contributed by atoms with Crippen LogP contribution in [0.15, 0.2) is 32.3 Å². The molecule has 6 nitrogen and oxygen atoms in total. The summed E-state index contributed by atoms with van der Waals surface area (Å²) in [5, 5.41) is 0.621. The summed E-state index contributed by atoms with van der Waals surface area (Å²) < 4.78 is 5.21. The van der Waals surface area contributed by atoms with E-state index in [-0.39, 0.29) is 18.0 Å². The van der Waals surface area contributed by atoms with E-state index in [0.29, 0.717) is 16.6 Å². The lowest BCUT2D eigenvalue weighted by molar-refractivity contribution is 0.646. The number of nitrogens with zero attached hydrogens (tertiary/aromatic N) is 1. The SMILES string of the molecule is Cl.O=c1[nH]c(=O)c2oc3ncccc3c2[nH]1. The van der Waals surface area contributed by atoms with Gasteiger partial charge >= 0.3 is 5.69 Å². The molecule has 3 rings (SSSR count). The number of nitrogens with one attached hydrogen (secondary N) is 2. The van der Waals surface area contributed by atoms with Gasteiger partial charge in [-0.1, -0.05) is 0 Å². The standard InChI is InChI=1S/C9H5N3O3.ClH/c13-7-6-5(11-9(14)12-7)4-2-1-3-10-8(4)15-6;/h1-3H,(H2,11,12,13,14);1H. The topological polar surface area (TPSA) is 91.8 Å². The maximum atomic E-state index is 11.4. The molecule has 0 unspecified atom stereocenters. The van der Waals surface area contributed by atoms with Crippen LogP contribution in [0, 0.1) is 0 Å². The van der Waals surface area contributed by atoms with Crippen LogP contribution in [0.1, 0.15) is 0 Å². The second kappa shape index (κ2) is 3.49. The number of fused-ring (bicyclic) bond motifs is 3. The summed E-state index contributed by atoms with van der Waals surface area (Å²) >= 11 is 0. The summed E-state index contributed by atoms with van der Waals surface area (Å²) in [7, 11) is 0. The van der Waals surface area contributed by atoms with Crippen molar-refractivity contribution in [1.29, 1.82) is 0 Å². The fraction of sp³-hybridized carbons (Fsp3) is 0. The molecule has 16 heavy (non-hydrogen) atoms. The van der Waals surface area contributed by atoms with E-state index in [9.17, 15) is 9.59 Å². The van der Waals surface area contributed by atoms with Crippen molar-refractivity contribution in [3.63, 3.8) is 0 Å². The third-order valence-corrected chi connectivity index (χ3v) is 2.14. The van der Waals surface area contributed by atoms with Gasteiger partial charge in [-0.25, -0.2) is 9.78 Å². The number of halogens is 1.